The minimum absolute atomic E-state index is 0.448. The second-order valence-electron chi connectivity index (χ2n) is 4.90. The van der Waals surface area contributed by atoms with Crippen molar-refractivity contribution >= 4 is 11.6 Å². The van der Waals surface area contributed by atoms with Crippen molar-refractivity contribution in [1.29, 1.82) is 0 Å². The number of aromatic nitrogens is 2. The van der Waals surface area contributed by atoms with E-state index in [4.69, 9.17) is 10.6 Å². The Bertz CT molecular complexity index is 393. The summed E-state index contributed by atoms with van der Waals surface area (Å²) in [5.74, 6) is 6.82. The molecule has 6 heteroatoms. The monoisotopic (exact) mass is 265 g/mol. The molecule has 0 amide bonds. The van der Waals surface area contributed by atoms with Crippen LogP contribution in [0.5, 0.6) is 0 Å². The van der Waals surface area contributed by atoms with Crippen LogP contribution in [-0.4, -0.2) is 29.2 Å². The molecule has 2 rings (SSSR count). The summed E-state index contributed by atoms with van der Waals surface area (Å²) in [5.41, 5.74) is 3.47. The largest absolute Gasteiger partial charge is 0.376 e. The Hall–Kier alpha value is -1.40. The van der Waals surface area contributed by atoms with Gasteiger partial charge in [-0.3, -0.25) is 0 Å². The van der Waals surface area contributed by atoms with Crippen molar-refractivity contribution in [2.75, 3.05) is 23.9 Å². The second-order valence-corrected chi connectivity index (χ2v) is 4.90. The molecule has 19 heavy (non-hydrogen) atoms. The lowest BCUT2D eigenvalue weighted by Crippen LogP contribution is -2.21. The van der Waals surface area contributed by atoms with E-state index in [-0.39, 0.29) is 0 Å². The average Bonchev–Trinajstić information content (AvgIpc) is 2.46. The van der Waals surface area contributed by atoms with E-state index in [1.165, 1.54) is 38.4 Å². The third kappa shape index (κ3) is 4.04. The van der Waals surface area contributed by atoms with Gasteiger partial charge < -0.3 is 15.5 Å². The predicted octanol–water partition coefficient (Wildman–Crippen LogP) is 1.83. The maximum Gasteiger partial charge on any atom is 0.148 e. The number of nitrogens with one attached hydrogen (secondary N) is 2. The van der Waals surface area contributed by atoms with E-state index in [9.17, 15) is 0 Å². The Kier molecular flexibility index (Phi) is 5.35. The smallest absolute Gasteiger partial charge is 0.148 e. The summed E-state index contributed by atoms with van der Waals surface area (Å²) in [6.45, 7) is 3.39. The number of hydrazine groups is 1. The number of nitrogens with zero attached hydrogens (tertiary/aromatic N) is 2. The van der Waals surface area contributed by atoms with Crippen molar-refractivity contribution < 1.29 is 4.74 Å². The highest BCUT2D eigenvalue weighted by Crippen LogP contribution is 2.20. The minimum Gasteiger partial charge on any atom is -0.376 e. The van der Waals surface area contributed by atoms with Crippen molar-refractivity contribution in [3.63, 3.8) is 0 Å². The van der Waals surface area contributed by atoms with Gasteiger partial charge in [-0.2, -0.15) is 0 Å². The summed E-state index contributed by atoms with van der Waals surface area (Å²) < 4.78 is 5.85. The number of hydrogen-bond donors (Lipinski definition) is 3. The maximum atomic E-state index is 5.85. The van der Waals surface area contributed by atoms with Gasteiger partial charge in [0, 0.05) is 12.1 Å². The molecule has 0 saturated heterocycles. The molecule has 106 valence electrons. The molecule has 1 saturated carbocycles. The molecule has 4 N–H and O–H groups in total. The van der Waals surface area contributed by atoms with E-state index < -0.39 is 0 Å². The molecule has 0 aliphatic heterocycles. The van der Waals surface area contributed by atoms with Gasteiger partial charge in [0.25, 0.3) is 0 Å². The van der Waals surface area contributed by atoms with E-state index >= 15 is 0 Å². The number of rotatable bonds is 6. The van der Waals surface area contributed by atoms with Crippen LogP contribution in [0.4, 0.5) is 11.6 Å². The lowest BCUT2D eigenvalue weighted by Gasteiger charge is -2.22. The summed E-state index contributed by atoms with van der Waals surface area (Å²) in [4.78, 5) is 8.24. The van der Waals surface area contributed by atoms with E-state index in [2.05, 4.69) is 20.7 Å². The molecule has 0 atom stereocenters. The molecular formula is C13H23N5O. The van der Waals surface area contributed by atoms with E-state index in [0.29, 0.717) is 18.5 Å². The molecule has 1 aliphatic rings. The van der Waals surface area contributed by atoms with Gasteiger partial charge in [-0.15, -0.1) is 0 Å². The van der Waals surface area contributed by atoms with Crippen LogP contribution >= 0.6 is 0 Å². The Labute approximate surface area is 114 Å². The lowest BCUT2D eigenvalue weighted by atomic mass is 9.98. The SMILES string of the molecule is Cc1c(NN)ncnc1NCCOC1CCCCC1. The molecule has 0 radical (unpaired) electrons. The summed E-state index contributed by atoms with van der Waals surface area (Å²) >= 11 is 0. The van der Waals surface area contributed by atoms with Crippen LogP contribution in [0.1, 0.15) is 37.7 Å². The molecular weight excluding hydrogens is 242 g/mol. The number of nitrogens with two attached hydrogens (primary N) is 1. The zero-order valence-electron chi connectivity index (χ0n) is 11.5. The normalized spacial score (nSPS) is 16.3. The lowest BCUT2D eigenvalue weighted by molar-refractivity contribution is 0.0347. The van der Waals surface area contributed by atoms with Gasteiger partial charge in [-0.25, -0.2) is 15.8 Å². The minimum atomic E-state index is 0.448. The Morgan fingerprint density at radius 3 is 2.74 bits per heavy atom. The van der Waals surface area contributed by atoms with Crippen molar-refractivity contribution in [3.05, 3.63) is 11.9 Å². The highest BCUT2D eigenvalue weighted by Gasteiger charge is 2.13. The van der Waals surface area contributed by atoms with Crippen molar-refractivity contribution in [2.24, 2.45) is 5.84 Å². The maximum absolute atomic E-state index is 5.85. The first kappa shape index (κ1) is 14.0. The molecule has 0 aromatic carbocycles. The molecule has 1 heterocycles. The van der Waals surface area contributed by atoms with Crippen molar-refractivity contribution in [2.45, 2.75) is 45.1 Å². The summed E-state index contributed by atoms with van der Waals surface area (Å²) in [7, 11) is 0. The zero-order valence-corrected chi connectivity index (χ0v) is 11.5. The second kappa shape index (κ2) is 7.25. The average molecular weight is 265 g/mol. The summed E-state index contributed by atoms with van der Waals surface area (Å²) in [6, 6.07) is 0. The van der Waals surface area contributed by atoms with Crippen LogP contribution in [0.3, 0.4) is 0 Å². The standard InChI is InChI=1S/C13H23N5O/c1-10-12(16-9-17-13(10)18-14)15-7-8-19-11-5-3-2-4-6-11/h9,11H,2-8,14H2,1H3,(H2,15,16,17,18). The quantitative estimate of drug-likeness (QED) is 0.413. The van der Waals surface area contributed by atoms with E-state index in [1.807, 2.05) is 6.92 Å². The molecule has 1 aromatic heterocycles. The Morgan fingerprint density at radius 1 is 1.26 bits per heavy atom. The third-order valence-corrected chi connectivity index (χ3v) is 3.52. The number of anilines is 2. The Balaban J connectivity index is 1.73. The van der Waals surface area contributed by atoms with E-state index in [0.717, 1.165) is 17.9 Å². The van der Waals surface area contributed by atoms with Gasteiger partial charge in [0.1, 0.15) is 18.0 Å². The van der Waals surface area contributed by atoms with Crippen LogP contribution in [0, 0.1) is 6.92 Å². The zero-order chi connectivity index (χ0) is 13.5. The van der Waals surface area contributed by atoms with Gasteiger partial charge in [0.2, 0.25) is 0 Å². The molecule has 0 spiro atoms. The van der Waals surface area contributed by atoms with Crippen LogP contribution in [-0.2, 0) is 4.74 Å². The topological polar surface area (TPSA) is 85.1 Å². The molecule has 0 bridgehead atoms. The summed E-state index contributed by atoms with van der Waals surface area (Å²) in [5, 5.41) is 3.26. The van der Waals surface area contributed by atoms with Gasteiger partial charge in [0.05, 0.1) is 12.7 Å². The van der Waals surface area contributed by atoms with Gasteiger partial charge in [-0.1, -0.05) is 19.3 Å². The highest BCUT2D eigenvalue weighted by molar-refractivity contribution is 5.55. The van der Waals surface area contributed by atoms with Crippen molar-refractivity contribution in [3.8, 4) is 0 Å². The Morgan fingerprint density at radius 2 is 2.00 bits per heavy atom. The van der Waals surface area contributed by atoms with Gasteiger partial charge >= 0.3 is 0 Å². The molecule has 6 nitrogen and oxygen atoms in total. The molecule has 0 unspecified atom stereocenters. The summed E-state index contributed by atoms with van der Waals surface area (Å²) in [6.07, 6.45) is 8.30. The fourth-order valence-corrected chi connectivity index (χ4v) is 2.40. The van der Waals surface area contributed by atoms with Crippen LogP contribution in [0.25, 0.3) is 0 Å². The fourth-order valence-electron chi connectivity index (χ4n) is 2.40. The first-order valence-corrected chi connectivity index (χ1v) is 6.95. The fraction of sp³-hybridized carbons (Fsp3) is 0.692. The van der Waals surface area contributed by atoms with Crippen LogP contribution < -0.4 is 16.6 Å². The molecule has 1 aromatic rings. The first-order chi connectivity index (χ1) is 9.31. The molecule has 1 aliphatic carbocycles. The van der Waals surface area contributed by atoms with Crippen LogP contribution in [0.15, 0.2) is 6.33 Å². The van der Waals surface area contributed by atoms with Gasteiger partial charge in [-0.05, 0) is 19.8 Å². The van der Waals surface area contributed by atoms with Gasteiger partial charge in [0.15, 0.2) is 0 Å². The third-order valence-electron chi connectivity index (χ3n) is 3.52. The first-order valence-electron chi connectivity index (χ1n) is 6.95. The highest BCUT2D eigenvalue weighted by atomic mass is 16.5. The van der Waals surface area contributed by atoms with Crippen LogP contribution in [0.2, 0.25) is 0 Å². The molecule has 1 fully saturated rings. The number of nitrogen functional groups attached to an aromatic ring is 1. The van der Waals surface area contributed by atoms with Crippen molar-refractivity contribution in [1.82, 2.24) is 9.97 Å². The predicted molar refractivity (Wildman–Crippen MR) is 75.9 cm³/mol. The number of ether oxygens (including phenoxy) is 1. The van der Waals surface area contributed by atoms with E-state index in [1.54, 1.807) is 0 Å². The number of hydrogen-bond acceptors (Lipinski definition) is 6.